The number of ether oxygens (including phenoxy) is 1. The van der Waals surface area contributed by atoms with E-state index in [2.05, 4.69) is 44.6 Å². The molecule has 18 heavy (non-hydrogen) atoms. The molecule has 0 aliphatic rings. The van der Waals surface area contributed by atoms with E-state index in [1.807, 2.05) is 0 Å². The third-order valence-corrected chi connectivity index (χ3v) is 3.49. The standard InChI is InChI=1S/C12H19BrClN3O/c1-4-9(5-2)17(7-6-13)11-10(14)8-15-12(16-11)18-3/h8-9H,4-7H2,1-3H3. The van der Waals surface area contributed by atoms with Gasteiger partial charge in [0.15, 0.2) is 5.82 Å². The highest BCUT2D eigenvalue weighted by Crippen LogP contribution is 2.27. The summed E-state index contributed by atoms with van der Waals surface area (Å²) in [5.41, 5.74) is 0. The van der Waals surface area contributed by atoms with Crippen molar-refractivity contribution in [2.75, 3.05) is 23.9 Å². The van der Waals surface area contributed by atoms with E-state index < -0.39 is 0 Å². The molecule has 0 spiro atoms. The Bertz CT molecular complexity index is 374. The minimum atomic E-state index is 0.347. The molecule has 4 nitrogen and oxygen atoms in total. The van der Waals surface area contributed by atoms with Crippen molar-refractivity contribution in [1.82, 2.24) is 9.97 Å². The third kappa shape index (κ3) is 3.72. The first-order valence-electron chi connectivity index (χ1n) is 6.07. The lowest BCUT2D eigenvalue weighted by Crippen LogP contribution is -2.37. The number of anilines is 1. The van der Waals surface area contributed by atoms with Gasteiger partial charge in [-0.25, -0.2) is 4.98 Å². The first kappa shape index (κ1) is 15.5. The van der Waals surface area contributed by atoms with Gasteiger partial charge in [-0.05, 0) is 12.8 Å². The number of alkyl halides is 1. The fraction of sp³-hybridized carbons (Fsp3) is 0.667. The van der Waals surface area contributed by atoms with Crippen LogP contribution < -0.4 is 9.64 Å². The van der Waals surface area contributed by atoms with Crippen LogP contribution in [0.3, 0.4) is 0 Å². The molecule has 1 heterocycles. The molecule has 0 fully saturated rings. The summed E-state index contributed by atoms with van der Waals surface area (Å²) >= 11 is 9.68. The summed E-state index contributed by atoms with van der Waals surface area (Å²) in [6, 6.07) is 0.764. The van der Waals surface area contributed by atoms with Crippen molar-refractivity contribution < 1.29 is 4.74 Å². The van der Waals surface area contributed by atoms with E-state index in [-0.39, 0.29) is 0 Å². The second-order valence-electron chi connectivity index (χ2n) is 3.88. The third-order valence-electron chi connectivity index (χ3n) is 2.87. The van der Waals surface area contributed by atoms with E-state index in [4.69, 9.17) is 16.3 Å². The Balaban J connectivity index is 3.10. The van der Waals surface area contributed by atoms with Crippen LogP contribution in [0.15, 0.2) is 6.20 Å². The maximum absolute atomic E-state index is 6.20. The number of hydrogen-bond donors (Lipinski definition) is 0. The summed E-state index contributed by atoms with van der Waals surface area (Å²) in [5, 5.41) is 1.43. The van der Waals surface area contributed by atoms with Gasteiger partial charge in [0.1, 0.15) is 5.02 Å². The molecule has 1 rings (SSSR count). The average Bonchev–Trinajstić information content (AvgIpc) is 2.40. The van der Waals surface area contributed by atoms with Crippen LogP contribution in [-0.4, -0.2) is 35.0 Å². The summed E-state index contributed by atoms with van der Waals surface area (Å²) in [7, 11) is 1.55. The lowest BCUT2D eigenvalue weighted by atomic mass is 10.1. The molecule has 0 unspecified atom stereocenters. The van der Waals surface area contributed by atoms with Gasteiger partial charge in [-0.2, -0.15) is 4.98 Å². The molecule has 0 saturated heterocycles. The summed E-state index contributed by atoms with van der Waals surface area (Å²) in [4.78, 5) is 10.6. The number of hydrogen-bond acceptors (Lipinski definition) is 4. The molecule has 1 aromatic rings. The van der Waals surface area contributed by atoms with Crippen molar-refractivity contribution in [2.24, 2.45) is 0 Å². The van der Waals surface area contributed by atoms with Crippen molar-refractivity contribution >= 4 is 33.3 Å². The molecule has 0 N–H and O–H groups in total. The van der Waals surface area contributed by atoms with E-state index in [9.17, 15) is 0 Å². The molecule has 6 heteroatoms. The Kier molecular flexibility index (Phi) is 6.71. The van der Waals surface area contributed by atoms with Gasteiger partial charge < -0.3 is 9.64 Å². The second kappa shape index (κ2) is 7.79. The molecule has 0 atom stereocenters. The van der Waals surface area contributed by atoms with E-state index >= 15 is 0 Å². The predicted molar refractivity (Wildman–Crippen MR) is 79.1 cm³/mol. The topological polar surface area (TPSA) is 38.2 Å². The van der Waals surface area contributed by atoms with Gasteiger partial charge in [0.2, 0.25) is 0 Å². The van der Waals surface area contributed by atoms with E-state index in [1.165, 1.54) is 0 Å². The Morgan fingerprint density at radius 1 is 1.44 bits per heavy atom. The zero-order valence-electron chi connectivity index (χ0n) is 11.0. The van der Waals surface area contributed by atoms with Gasteiger partial charge in [-0.3, -0.25) is 0 Å². The van der Waals surface area contributed by atoms with E-state index in [1.54, 1.807) is 13.3 Å². The highest BCUT2D eigenvalue weighted by molar-refractivity contribution is 9.09. The fourth-order valence-electron chi connectivity index (χ4n) is 1.92. The first-order valence-corrected chi connectivity index (χ1v) is 7.56. The van der Waals surface area contributed by atoms with Gasteiger partial charge in [0.25, 0.3) is 0 Å². The van der Waals surface area contributed by atoms with Crippen LogP contribution in [-0.2, 0) is 0 Å². The van der Waals surface area contributed by atoms with Crippen LogP contribution in [0.2, 0.25) is 5.02 Å². The molecule has 0 bridgehead atoms. The Morgan fingerprint density at radius 2 is 2.11 bits per heavy atom. The van der Waals surface area contributed by atoms with E-state index in [0.717, 1.165) is 30.5 Å². The summed E-state index contributed by atoms with van der Waals surface area (Å²) < 4.78 is 5.07. The van der Waals surface area contributed by atoms with Gasteiger partial charge >= 0.3 is 6.01 Å². The Morgan fingerprint density at radius 3 is 2.61 bits per heavy atom. The van der Waals surface area contributed by atoms with Crippen molar-refractivity contribution in [3.05, 3.63) is 11.2 Å². The lowest BCUT2D eigenvalue weighted by molar-refractivity contribution is 0.379. The lowest BCUT2D eigenvalue weighted by Gasteiger charge is -2.31. The highest BCUT2D eigenvalue weighted by Gasteiger charge is 2.20. The minimum Gasteiger partial charge on any atom is -0.467 e. The second-order valence-corrected chi connectivity index (χ2v) is 5.08. The van der Waals surface area contributed by atoms with Crippen molar-refractivity contribution in [2.45, 2.75) is 32.7 Å². The van der Waals surface area contributed by atoms with Crippen LogP contribution in [0.25, 0.3) is 0 Å². The van der Waals surface area contributed by atoms with Crippen LogP contribution in [0.1, 0.15) is 26.7 Å². The van der Waals surface area contributed by atoms with Crippen LogP contribution in [0.4, 0.5) is 5.82 Å². The summed E-state index contributed by atoms with van der Waals surface area (Å²) in [6.07, 6.45) is 3.69. The maximum atomic E-state index is 6.20. The minimum absolute atomic E-state index is 0.347. The smallest absolute Gasteiger partial charge is 0.318 e. The molecule has 102 valence electrons. The number of aromatic nitrogens is 2. The van der Waals surface area contributed by atoms with Crippen molar-refractivity contribution in [3.8, 4) is 6.01 Å². The number of rotatable bonds is 7. The monoisotopic (exact) mass is 335 g/mol. The molecule has 1 aromatic heterocycles. The van der Waals surface area contributed by atoms with E-state index in [0.29, 0.717) is 17.1 Å². The SMILES string of the molecule is CCC(CC)N(CCBr)c1nc(OC)ncc1Cl. The largest absolute Gasteiger partial charge is 0.467 e. The van der Waals surface area contributed by atoms with Gasteiger partial charge in [-0.1, -0.05) is 41.4 Å². The van der Waals surface area contributed by atoms with Crippen LogP contribution in [0, 0.1) is 0 Å². The first-order chi connectivity index (χ1) is 8.67. The maximum Gasteiger partial charge on any atom is 0.318 e. The predicted octanol–water partition coefficient (Wildman–Crippen LogP) is 3.53. The summed E-state index contributed by atoms with van der Waals surface area (Å²) in [6.45, 7) is 5.19. The zero-order chi connectivity index (χ0) is 13.5. The zero-order valence-corrected chi connectivity index (χ0v) is 13.3. The van der Waals surface area contributed by atoms with Gasteiger partial charge in [-0.15, -0.1) is 0 Å². The molecular formula is C12H19BrClN3O. The van der Waals surface area contributed by atoms with Gasteiger partial charge in [0, 0.05) is 17.9 Å². The summed E-state index contributed by atoms with van der Waals surface area (Å²) in [5.74, 6) is 0.747. The molecular weight excluding hydrogens is 318 g/mol. The normalized spacial score (nSPS) is 10.8. The number of nitrogens with zero attached hydrogens (tertiary/aromatic N) is 3. The number of methoxy groups -OCH3 is 1. The molecule has 0 radical (unpaired) electrons. The Hall–Kier alpha value is -0.550. The molecule has 0 aliphatic carbocycles. The number of halogens is 2. The highest BCUT2D eigenvalue weighted by atomic mass is 79.9. The van der Waals surface area contributed by atoms with Crippen molar-refractivity contribution in [1.29, 1.82) is 0 Å². The Labute approximate surface area is 122 Å². The molecule has 0 aromatic carbocycles. The fourth-order valence-corrected chi connectivity index (χ4v) is 2.51. The quantitative estimate of drug-likeness (QED) is 0.714. The molecule has 0 saturated carbocycles. The molecule has 0 amide bonds. The van der Waals surface area contributed by atoms with Gasteiger partial charge in [0.05, 0.1) is 13.3 Å². The average molecular weight is 337 g/mol. The molecule has 0 aliphatic heterocycles. The van der Waals surface area contributed by atoms with Crippen LogP contribution in [0.5, 0.6) is 6.01 Å². The van der Waals surface area contributed by atoms with Crippen LogP contribution >= 0.6 is 27.5 Å². The van der Waals surface area contributed by atoms with Crippen molar-refractivity contribution in [3.63, 3.8) is 0 Å².